The molecule has 0 aliphatic rings. The van der Waals surface area contributed by atoms with Crippen molar-refractivity contribution in [1.29, 1.82) is 0 Å². The quantitative estimate of drug-likeness (QED) is 0.736. The number of aryl methyl sites for hydroxylation is 1. The van der Waals surface area contributed by atoms with E-state index in [4.69, 9.17) is 4.74 Å². The van der Waals surface area contributed by atoms with E-state index < -0.39 is 0 Å². The molecule has 0 bridgehead atoms. The highest BCUT2D eigenvalue weighted by molar-refractivity contribution is 5.91. The number of fused-ring (bicyclic) bond motifs is 1. The van der Waals surface area contributed by atoms with Crippen molar-refractivity contribution in [2.45, 2.75) is 6.92 Å². The number of hydrogen-bond acceptors (Lipinski definition) is 2. The fourth-order valence-corrected chi connectivity index (χ4v) is 1.59. The molecule has 3 heteroatoms. The van der Waals surface area contributed by atoms with Crippen molar-refractivity contribution in [1.82, 2.24) is 4.98 Å². The first-order valence-electron chi connectivity index (χ1n) is 4.37. The molecule has 0 aliphatic heterocycles. The molecule has 0 unspecified atom stereocenters. The number of ether oxygens (including phenoxy) is 1. The monoisotopic (exact) mass is 189 g/mol. The third-order valence-electron chi connectivity index (χ3n) is 2.23. The molecular formula is C11H11NO2. The number of aromatic nitrogens is 1. The molecule has 1 aromatic carbocycles. The van der Waals surface area contributed by atoms with Crippen LogP contribution in [0.25, 0.3) is 10.9 Å². The largest absolute Gasteiger partial charge is 0.496 e. The lowest BCUT2D eigenvalue weighted by atomic mass is 10.1. The van der Waals surface area contributed by atoms with Crippen molar-refractivity contribution in [3.05, 3.63) is 29.5 Å². The molecule has 14 heavy (non-hydrogen) atoms. The standard InChI is InChI=1S/C11H11NO2/c1-7-3-8-4-9(6-13)11(14-2)5-10(8)12-7/h3-6,12H,1-2H3. The van der Waals surface area contributed by atoms with E-state index in [1.54, 1.807) is 7.11 Å². The van der Waals surface area contributed by atoms with Gasteiger partial charge in [-0.25, -0.2) is 0 Å². The Hall–Kier alpha value is -1.77. The van der Waals surface area contributed by atoms with Gasteiger partial charge in [-0.2, -0.15) is 0 Å². The third kappa shape index (κ3) is 1.27. The molecule has 0 radical (unpaired) electrons. The van der Waals surface area contributed by atoms with Crippen molar-refractivity contribution < 1.29 is 9.53 Å². The van der Waals surface area contributed by atoms with E-state index >= 15 is 0 Å². The highest BCUT2D eigenvalue weighted by atomic mass is 16.5. The van der Waals surface area contributed by atoms with Gasteiger partial charge in [0.05, 0.1) is 12.7 Å². The number of H-pyrrole nitrogens is 1. The van der Waals surface area contributed by atoms with Crippen molar-refractivity contribution in [3.8, 4) is 5.75 Å². The summed E-state index contributed by atoms with van der Waals surface area (Å²) in [6, 6.07) is 5.67. The van der Waals surface area contributed by atoms with Crippen LogP contribution >= 0.6 is 0 Å². The Kier molecular flexibility index (Phi) is 2.00. The van der Waals surface area contributed by atoms with Crippen LogP contribution in [0, 0.1) is 6.92 Å². The van der Waals surface area contributed by atoms with Crippen LogP contribution in [0.1, 0.15) is 16.1 Å². The normalized spacial score (nSPS) is 10.4. The van der Waals surface area contributed by atoms with E-state index in [2.05, 4.69) is 4.98 Å². The minimum absolute atomic E-state index is 0.582. The van der Waals surface area contributed by atoms with Crippen LogP contribution in [-0.4, -0.2) is 18.4 Å². The number of aromatic amines is 1. The van der Waals surface area contributed by atoms with Crippen LogP contribution in [-0.2, 0) is 0 Å². The summed E-state index contributed by atoms with van der Waals surface area (Å²) in [6.45, 7) is 1.98. The van der Waals surface area contributed by atoms with Gasteiger partial charge in [0.1, 0.15) is 5.75 Å². The van der Waals surface area contributed by atoms with Gasteiger partial charge in [0.2, 0.25) is 0 Å². The molecule has 2 aromatic rings. The molecule has 0 fully saturated rings. The van der Waals surface area contributed by atoms with Gasteiger partial charge in [0, 0.05) is 22.7 Å². The first-order chi connectivity index (χ1) is 6.74. The van der Waals surface area contributed by atoms with Crippen molar-refractivity contribution in [3.63, 3.8) is 0 Å². The predicted octanol–water partition coefficient (Wildman–Crippen LogP) is 2.30. The third-order valence-corrected chi connectivity index (χ3v) is 2.23. The maximum atomic E-state index is 10.7. The Morgan fingerprint density at radius 3 is 2.79 bits per heavy atom. The van der Waals surface area contributed by atoms with Crippen LogP contribution in [0.3, 0.4) is 0 Å². The first-order valence-corrected chi connectivity index (χ1v) is 4.37. The van der Waals surface area contributed by atoms with E-state index in [-0.39, 0.29) is 0 Å². The fraction of sp³-hybridized carbons (Fsp3) is 0.182. The Bertz CT molecular complexity index is 485. The van der Waals surface area contributed by atoms with Gasteiger partial charge in [0.15, 0.2) is 6.29 Å². The van der Waals surface area contributed by atoms with E-state index in [0.29, 0.717) is 11.3 Å². The average Bonchev–Trinajstić information content (AvgIpc) is 2.54. The molecular weight excluding hydrogens is 178 g/mol. The second-order valence-corrected chi connectivity index (χ2v) is 3.25. The van der Waals surface area contributed by atoms with Gasteiger partial charge >= 0.3 is 0 Å². The smallest absolute Gasteiger partial charge is 0.153 e. The van der Waals surface area contributed by atoms with Crippen LogP contribution in [0.4, 0.5) is 0 Å². The summed E-state index contributed by atoms with van der Waals surface area (Å²) in [6.07, 6.45) is 0.806. The van der Waals surface area contributed by atoms with E-state index in [1.165, 1.54) is 0 Å². The molecule has 0 saturated heterocycles. The molecule has 0 aliphatic carbocycles. The second-order valence-electron chi connectivity index (χ2n) is 3.25. The Morgan fingerprint density at radius 2 is 2.14 bits per heavy atom. The predicted molar refractivity (Wildman–Crippen MR) is 55.0 cm³/mol. The van der Waals surface area contributed by atoms with Crippen LogP contribution in [0.15, 0.2) is 18.2 Å². The average molecular weight is 189 g/mol. The zero-order chi connectivity index (χ0) is 10.1. The van der Waals surface area contributed by atoms with E-state index in [1.807, 2.05) is 25.1 Å². The van der Waals surface area contributed by atoms with Crippen LogP contribution in [0.5, 0.6) is 5.75 Å². The molecule has 1 aromatic heterocycles. The molecule has 0 spiro atoms. The van der Waals surface area contributed by atoms with Crippen LogP contribution in [0.2, 0.25) is 0 Å². The molecule has 1 heterocycles. The van der Waals surface area contributed by atoms with Gasteiger partial charge < -0.3 is 9.72 Å². The lowest BCUT2D eigenvalue weighted by Gasteiger charge is -2.02. The lowest BCUT2D eigenvalue weighted by Crippen LogP contribution is -1.89. The summed E-state index contributed by atoms with van der Waals surface area (Å²) in [5.74, 6) is 0.606. The second kappa shape index (κ2) is 3.18. The number of hydrogen-bond donors (Lipinski definition) is 1. The van der Waals surface area contributed by atoms with Gasteiger partial charge in [0.25, 0.3) is 0 Å². The zero-order valence-corrected chi connectivity index (χ0v) is 8.13. The van der Waals surface area contributed by atoms with Crippen molar-refractivity contribution in [2.75, 3.05) is 7.11 Å². The van der Waals surface area contributed by atoms with Crippen molar-refractivity contribution >= 4 is 17.2 Å². The summed E-state index contributed by atoms with van der Waals surface area (Å²) in [7, 11) is 1.56. The Balaban J connectivity index is 2.74. The minimum atomic E-state index is 0.582. The van der Waals surface area contributed by atoms with E-state index in [9.17, 15) is 4.79 Å². The summed E-state index contributed by atoms with van der Waals surface area (Å²) in [5.41, 5.74) is 2.65. The first kappa shape index (κ1) is 8.81. The fourth-order valence-electron chi connectivity index (χ4n) is 1.59. The molecule has 0 amide bonds. The number of rotatable bonds is 2. The molecule has 3 nitrogen and oxygen atoms in total. The molecule has 2 rings (SSSR count). The van der Waals surface area contributed by atoms with Gasteiger partial charge in [-0.05, 0) is 19.1 Å². The van der Waals surface area contributed by atoms with Crippen LogP contribution < -0.4 is 4.74 Å². The summed E-state index contributed by atoms with van der Waals surface area (Å²) >= 11 is 0. The molecule has 0 atom stereocenters. The Morgan fingerprint density at radius 1 is 1.36 bits per heavy atom. The highest BCUT2D eigenvalue weighted by Gasteiger charge is 2.05. The summed E-state index contributed by atoms with van der Waals surface area (Å²) in [4.78, 5) is 13.9. The number of nitrogens with one attached hydrogen (secondary N) is 1. The van der Waals surface area contributed by atoms with E-state index in [0.717, 1.165) is 22.9 Å². The topological polar surface area (TPSA) is 42.1 Å². The number of carbonyl (C=O) groups excluding carboxylic acids is 1. The molecule has 1 N–H and O–H groups in total. The van der Waals surface area contributed by atoms with Gasteiger partial charge in [-0.1, -0.05) is 0 Å². The Labute approximate surface area is 81.7 Å². The SMILES string of the molecule is COc1cc2[nH]c(C)cc2cc1C=O. The zero-order valence-electron chi connectivity index (χ0n) is 8.13. The minimum Gasteiger partial charge on any atom is -0.496 e. The summed E-state index contributed by atoms with van der Waals surface area (Å²) in [5, 5.41) is 1.03. The highest BCUT2D eigenvalue weighted by Crippen LogP contribution is 2.24. The number of benzene rings is 1. The van der Waals surface area contributed by atoms with Gasteiger partial charge in [-0.3, -0.25) is 4.79 Å². The summed E-state index contributed by atoms with van der Waals surface area (Å²) < 4.78 is 5.10. The molecule has 0 saturated carbocycles. The van der Waals surface area contributed by atoms with Crippen molar-refractivity contribution in [2.24, 2.45) is 0 Å². The van der Waals surface area contributed by atoms with Gasteiger partial charge in [-0.15, -0.1) is 0 Å². The number of methoxy groups -OCH3 is 1. The lowest BCUT2D eigenvalue weighted by molar-refractivity contribution is 0.112. The molecule has 72 valence electrons. The number of carbonyl (C=O) groups is 1. The number of aldehydes is 1. The maximum Gasteiger partial charge on any atom is 0.153 e. The maximum absolute atomic E-state index is 10.7.